The fraction of sp³-hybridized carbons (Fsp3) is 0.200. The molecule has 0 saturated carbocycles. The maximum absolute atomic E-state index is 13.3. The highest BCUT2D eigenvalue weighted by atomic mass is 35.5. The largest absolute Gasteiger partial charge is 0.437 e. The van der Waals surface area contributed by atoms with Crippen molar-refractivity contribution < 1.29 is 9.15 Å². The molecular weight excluding hydrogens is 440 g/mol. The molecule has 0 aliphatic carbocycles. The zero-order chi connectivity index (χ0) is 22.9. The van der Waals surface area contributed by atoms with Crippen LogP contribution >= 0.6 is 11.6 Å². The Kier molecular flexibility index (Phi) is 4.16. The lowest BCUT2D eigenvalue weighted by molar-refractivity contribution is 0.422. The molecule has 1 aliphatic heterocycles. The number of para-hydroxylation sites is 1. The van der Waals surface area contributed by atoms with E-state index in [1.54, 1.807) is 23.0 Å². The highest BCUT2D eigenvalue weighted by molar-refractivity contribution is 6.30. The van der Waals surface area contributed by atoms with E-state index in [9.17, 15) is 4.79 Å². The molecule has 6 rings (SSSR count). The van der Waals surface area contributed by atoms with Crippen molar-refractivity contribution >= 4 is 28.2 Å². The Morgan fingerprint density at radius 1 is 1.06 bits per heavy atom. The number of fused-ring (bicyclic) bond motifs is 6. The number of halogens is 1. The van der Waals surface area contributed by atoms with Gasteiger partial charge in [0.15, 0.2) is 17.2 Å². The molecule has 0 radical (unpaired) electrons. The van der Waals surface area contributed by atoms with E-state index in [2.05, 4.69) is 10.1 Å². The second-order valence-corrected chi connectivity index (χ2v) is 9.57. The van der Waals surface area contributed by atoms with Crippen LogP contribution < -0.4 is 10.4 Å². The number of benzene rings is 2. The van der Waals surface area contributed by atoms with Crippen molar-refractivity contribution in [1.82, 2.24) is 19.6 Å². The normalized spacial score (nSPS) is 15.3. The van der Waals surface area contributed by atoms with Gasteiger partial charge in [-0.1, -0.05) is 56.6 Å². The van der Waals surface area contributed by atoms with Crippen molar-refractivity contribution in [2.24, 2.45) is 0 Å². The van der Waals surface area contributed by atoms with Crippen LogP contribution in [-0.2, 0) is 5.41 Å². The van der Waals surface area contributed by atoms with Crippen LogP contribution in [0.5, 0.6) is 11.6 Å². The summed E-state index contributed by atoms with van der Waals surface area (Å²) in [4.78, 5) is 22.7. The number of rotatable bonds is 1. The Balaban J connectivity index is 1.73. The van der Waals surface area contributed by atoms with E-state index in [1.165, 1.54) is 0 Å². The number of nitrogens with zero attached hydrogens (tertiary/aromatic N) is 4. The van der Waals surface area contributed by atoms with Crippen molar-refractivity contribution in [3.8, 4) is 11.6 Å². The van der Waals surface area contributed by atoms with Gasteiger partial charge in [-0.05, 0) is 29.8 Å². The van der Waals surface area contributed by atoms with Crippen LogP contribution in [0.4, 0.5) is 0 Å². The third kappa shape index (κ3) is 3.03. The van der Waals surface area contributed by atoms with E-state index in [1.807, 2.05) is 57.2 Å². The van der Waals surface area contributed by atoms with Crippen LogP contribution in [0.25, 0.3) is 16.6 Å². The lowest BCUT2D eigenvalue weighted by Crippen LogP contribution is -2.22. The molecule has 5 aromatic rings. The third-order valence-corrected chi connectivity index (χ3v) is 6.05. The van der Waals surface area contributed by atoms with Crippen molar-refractivity contribution in [1.29, 1.82) is 0 Å². The summed E-state index contributed by atoms with van der Waals surface area (Å²) in [6, 6.07) is 14.7. The number of ether oxygens (including phenoxy) is 1. The van der Waals surface area contributed by atoms with Crippen LogP contribution in [0.2, 0.25) is 5.02 Å². The molecule has 3 aromatic heterocycles. The summed E-state index contributed by atoms with van der Waals surface area (Å²) in [5.41, 5.74) is 2.13. The van der Waals surface area contributed by atoms with Gasteiger partial charge in [-0.15, -0.1) is 5.10 Å². The fourth-order valence-electron chi connectivity index (χ4n) is 4.27. The number of hydrogen-bond donors (Lipinski definition) is 0. The fourth-order valence-corrected chi connectivity index (χ4v) is 4.47. The van der Waals surface area contributed by atoms with Crippen molar-refractivity contribution in [2.75, 3.05) is 0 Å². The summed E-state index contributed by atoms with van der Waals surface area (Å²) in [6.45, 7) is 6.13. The molecule has 0 fully saturated rings. The van der Waals surface area contributed by atoms with E-state index >= 15 is 0 Å². The Labute approximate surface area is 193 Å². The maximum atomic E-state index is 13.3. The quantitative estimate of drug-likeness (QED) is 0.304. The van der Waals surface area contributed by atoms with E-state index in [4.69, 9.17) is 25.7 Å². The van der Waals surface area contributed by atoms with E-state index in [0.717, 1.165) is 5.56 Å². The van der Waals surface area contributed by atoms with Crippen molar-refractivity contribution in [3.05, 3.63) is 92.8 Å². The molecule has 1 atom stereocenters. The average molecular weight is 459 g/mol. The minimum atomic E-state index is -0.545. The molecule has 0 N–H and O–H groups in total. The minimum absolute atomic E-state index is 0.271. The molecular formula is C25H19ClN4O3. The number of aromatic nitrogens is 4. The standard InChI is InChI=1S/C25H19ClN4O3/c1-25(2,3)24-28-21-19-17(13-7-6-8-14(26)11-13)18-20(33-22(19)27-12-30(21)29-24)15-9-4-5-10-16(15)32-23(18)31/h4-12,17H,1-3H3. The number of hydrogen-bond acceptors (Lipinski definition) is 6. The van der Waals surface area contributed by atoms with Gasteiger partial charge in [-0.3, -0.25) is 0 Å². The zero-order valence-electron chi connectivity index (χ0n) is 18.2. The second kappa shape index (κ2) is 6.89. The van der Waals surface area contributed by atoms with Crippen molar-refractivity contribution in [2.45, 2.75) is 32.1 Å². The van der Waals surface area contributed by atoms with Crippen LogP contribution in [0, 0.1) is 0 Å². The molecule has 33 heavy (non-hydrogen) atoms. The molecule has 0 amide bonds. The molecule has 0 spiro atoms. The third-order valence-electron chi connectivity index (χ3n) is 5.81. The molecule has 164 valence electrons. The van der Waals surface area contributed by atoms with Crippen LogP contribution in [0.3, 0.4) is 0 Å². The maximum Gasteiger partial charge on any atom is 0.344 e. The predicted molar refractivity (Wildman–Crippen MR) is 124 cm³/mol. The van der Waals surface area contributed by atoms with Crippen LogP contribution in [-0.4, -0.2) is 19.6 Å². The first-order chi connectivity index (χ1) is 15.8. The van der Waals surface area contributed by atoms with E-state index in [0.29, 0.717) is 50.2 Å². The van der Waals surface area contributed by atoms with Gasteiger partial charge in [0.1, 0.15) is 11.9 Å². The first kappa shape index (κ1) is 19.9. The Morgan fingerprint density at radius 2 is 1.88 bits per heavy atom. The summed E-state index contributed by atoms with van der Waals surface area (Å²) < 4.78 is 13.6. The van der Waals surface area contributed by atoms with E-state index < -0.39 is 11.5 Å². The molecule has 8 heteroatoms. The van der Waals surface area contributed by atoms with E-state index in [-0.39, 0.29) is 5.41 Å². The van der Waals surface area contributed by atoms with Gasteiger partial charge in [-0.25, -0.2) is 19.3 Å². The van der Waals surface area contributed by atoms with Crippen molar-refractivity contribution in [3.63, 3.8) is 0 Å². The van der Waals surface area contributed by atoms with Gasteiger partial charge in [0, 0.05) is 10.4 Å². The zero-order valence-corrected chi connectivity index (χ0v) is 18.9. The molecule has 2 aromatic carbocycles. The summed E-state index contributed by atoms with van der Waals surface area (Å²) in [5.74, 6) is 0.936. The SMILES string of the molecule is CC(C)(C)c1nc2c3c(ncn2n1)Oc1c(c(=O)oc2ccccc12)C3c1cccc(Cl)c1. The average Bonchev–Trinajstić information content (AvgIpc) is 3.23. The highest BCUT2D eigenvalue weighted by Gasteiger charge is 2.38. The molecule has 1 aliphatic rings. The summed E-state index contributed by atoms with van der Waals surface area (Å²) in [5, 5.41) is 5.88. The van der Waals surface area contributed by atoms with Crippen LogP contribution in [0.1, 0.15) is 49.2 Å². The van der Waals surface area contributed by atoms with Gasteiger partial charge in [0.25, 0.3) is 0 Å². The summed E-state index contributed by atoms with van der Waals surface area (Å²) in [7, 11) is 0. The lowest BCUT2D eigenvalue weighted by Gasteiger charge is -2.27. The molecule has 0 bridgehead atoms. The molecule has 4 heterocycles. The lowest BCUT2D eigenvalue weighted by atomic mass is 9.84. The predicted octanol–water partition coefficient (Wildman–Crippen LogP) is 5.47. The van der Waals surface area contributed by atoms with Gasteiger partial charge in [0.05, 0.1) is 22.4 Å². The smallest absolute Gasteiger partial charge is 0.344 e. The second-order valence-electron chi connectivity index (χ2n) is 9.14. The topological polar surface area (TPSA) is 82.5 Å². The minimum Gasteiger partial charge on any atom is -0.437 e. The first-order valence-electron chi connectivity index (χ1n) is 10.6. The van der Waals surface area contributed by atoms with Gasteiger partial charge >= 0.3 is 5.63 Å². The first-order valence-corrected chi connectivity index (χ1v) is 10.9. The molecule has 1 unspecified atom stereocenters. The Hall–Kier alpha value is -3.71. The van der Waals surface area contributed by atoms with Gasteiger partial charge < -0.3 is 9.15 Å². The summed E-state index contributed by atoms with van der Waals surface area (Å²) in [6.07, 6.45) is 1.59. The van der Waals surface area contributed by atoms with Crippen LogP contribution in [0.15, 0.2) is 64.1 Å². The molecule has 0 saturated heterocycles. The summed E-state index contributed by atoms with van der Waals surface area (Å²) >= 11 is 6.35. The monoisotopic (exact) mass is 458 g/mol. The van der Waals surface area contributed by atoms with Gasteiger partial charge in [-0.2, -0.15) is 0 Å². The Bertz CT molecular complexity index is 1630. The Morgan fingerprint density at radius 3 is 2.67 bits per heavy atom. The highest BCUT2D eigenvalue weighted by Crippen LogP contribution is 2.49. The molecule has 7 nitrogen and oxygen atoms in total. The van der Waals surface area contributed by atoms with Gasteiger partial charge in [0.2, 0.25) is 5.88 Å².